The van der Waals surface area contributed by atoms with Gasteiger partial charge in [-0.3, -0.25) is 13.9 Å². The Morgan fingerprint density at radius 3 is 2.19 bits per heavy atom. The number of nitrogens with one attached hydrogen (secondary N) is 1. The van der Waals surface area contributed by atoms with Gasteiger partial charge in [0.2, 0.25) is 11.8 Å². The molecule has 4 rings (SSSR count). The molecule has 0 radical (unpaired) electrons. The van der Waals surface area contributed by atoms with Crippen molar-refractivity contribution >= 4 is 27.5 Å². The van der Waals surface area contributed by atoms with Crippen LogP contribution in [-0.2, 0) is 26.2 Å². The number of amides is 2. The number of benzene rings is 3. The maximum absolute atomic E-state index is 14.3. The van der Waals surface area contributed by atoms with Gasteiger partial charge in [-0.1, -0.05) is 67.8 Å². The third-order valence-corrected chi connectivity index (χ3v) is 9.61. The Balaban J connectivity index is 1.74. The first-order valence-corrected chi connectivity index (χ1v) is 16.1. The van der Waals surface area contributed by atoms with Crippen LogP contribution in [0.5, 0.6) is 11.5 Å². The first-order chi connectivity index (χ1) is 20.7. The molecule has 0 bridgehead atoms. The minimum absolute atomic E-state index is 0.0358. The number of carbonyl (C=O) groups is 2. The van der Waals surface area contributed by atoms with Crippen LogP contribution in [0.2, 0.25) is 0 Å². The van der Waals surface area contributed by atoms with E-state index in [2.05, 4.69) is 5.32 Å². The van der Waals surface area contributed by atoms with E-state index < -0.39 is 28.5 Å². The molecule has 1 N–H and O–H groups in total. The molecule has 1 atom stereocenters. The zero-order valence-corrected chi connectivity index (χ0v) is 26.1. The fourth-order valence-corrected chi connectivity index (χ4v) is 6.83. The predicted octanol–water partition coefficient (Wildman–Crippen LogP) is 5.07. The third kappa shape index (κ3) is 7.67. The molecule has 0 spiro atoms. The molecule has 0 saturated heterocycles. The molecule has 0 aromatic heterocycles. The van der Waals surface area contributed by atoms with Crippen molar-refractivity contribution in [2.24, 2.45) is 0 Å². The van der Waals surface area contributed by atoms with Gasteiger partial charge in [0.25, 0.3) is 10.0 Å². The Morgan fingerprint density at radius 1 is 0.930 bits per heavy atom. The van der Waals surface area contributed by atoms with Gasteiger partial charge in [-0.05, 0) is 56.0 Å². The fraction of sp³-hybridized carbons (Fsp3) is 0.394. The number of hydrogen-bond donors (Lipinski definition) is 1. The van der Waals surface area contributed by atoms with Crippen LogP contribution in [-0.4, -0.2) is 58.0 Å². The maximum atomic E-state index is 14.3. The van der Waals surface area contributed by atoms with Crippen molar-refractivity contribution in [2.75, 3.05) is 25.1 Å². The Hall–Kier alpha value is -4.05. The third-order valence-electron chi connectivity index (χ3n) is 7.83. The Labute approximate surface area is 254 Å². The summed E-state index contributed by atoms with van der Waals surface area (Å²) >= 11 is 0. The second-order valence-electron chi connectivity index (χ2n) is 10.8. The minimum Gasteiger partial charge on any atom is -0.493 e. The highest BCUT2D eigenvalue weighted by Gasteiger charge is 2.34. The van der Waals surface area contributed by atoms with Gasteiger partial charge in [0, 0.05) is 18.7 Å². The van der Waals surface area contributed by atoms with E-state index >= 15 is 0 Å². The van der Waals surface area contributed by atoms with Gasteiger partial charge < -0.3 is 19.7 Å². The number of anilines is 1. The smallest absolute Gasteiger partial charge is 0.264 e. The van der Waals surface area contributed by atoms with E-state index in [4.69, 9.17) is 9.47 Å². The van der Waals surface area contributed by atoms with Crippen molar-refractivity contribution in [1.29, 1.82) is 0 Å². The molecule has 10 heteroatoms. The molecule has 1 saturated carbocycles. The van der Waals surface area contributed by atoms with Crippen LogP contribution in [0.3, 0.4) is 0 Å². The molecule has 1 fully saturated rings. The van der Waals surface area contributed by atoms with E-state index in [1.165, 1.54) is 37.3 Å². The average Bonchev–Trinajstić information content (AvgIpc) is 3.53. The number of carbonyl (C=O) groups excluding carboxylic acids is 2. The number of sulfonamides is 1. The molecule has 230 valence electrons. The van der Waals surface area contributed by atoms with Crippen molar-refractivity contribution in [3.05, 3.63) is 83.9 Å². The average molecular weight is 608 g/mol. The van der Waals surface area contributed by atoms with Crippen LogP contribution in [0.15, 0.2) is 77.7 Å². The van der Waals surface area contributed by atoms with E-state index in [-0.39, 0.29) is 29.1 Å². The lowest BCUT2D eigenvalue weighted by Crippen LogP contribution is -2.53. The molecule has 0 heterocycles. The van der Waals surface area contributed by atoms with Crippen molar-refractivity contribution in [1.82, 2.24) is 10.2 Å². The topological polar surface area (TPSA) is 105 Å². The van der Waals surface area contributed by atoms with E-state index in [1.807, 2.05) is 38.1 Å². The summed E-state index contributed by atoms with van der Waals surface area (Å²) < 4.78 is 40.0. The van der Waals surface area contributed by atoms with Gasteiger partial charge >= 0.3 is 0 Å². The van der Waals surface area contributed by atoms with Crippen LogP contribution in [0.25, 0.3) is 0 Å². The number of methoxy groups -OCH3 is 2. The van der Waals surface area contributed by atoms with E-state index in [0.717, 1.165) is 41.1 Å². The number of hydrogen-bond acceptors (Lipinski definition) is 6. The second-order valence-corrected chi connectivity index (χ2v) is 12.6. The van der Waals surface area contributed by atoms with Gasteiger partial charge in [-0.25, -0.2) is 8.42 Å². The fourth-order valence-electron chi connectivity index (χ4n) is 5.41. The first-order valence-electron chi connectivity index (χ1n) is 14.6. The lowest BCUT2D eigenvalue weighted by molar-refractivity contribution is -0.140. The molecule has 9 nitrogen and oxygen atoms in total. The molecular formula is C33H41N3O6S. The van der Waals surface area contributed by atoms with Crippen LogP contribution >= 0.6 is 0 Å². The minimum atomic E-state index is -4.19. The van der Waals surface area contributed by atoms with Crippen LogP contribution in [0, 0.1) is 6.92 Å². The second kappa shape index (κ2) is 14.4. The summed E-state index contributed by atoms with van der Waals surface area (Å²) in [6.45, 7) is 3.47. The van der Waals surface area contributed by atoms with Gasteiger partial charge in [-0.2, -0.15) is 0 Å². The van der Waals surface area contributed by atoms with E-state index in [0.29, 0.717) is 17.9 Å². The highest BCUT2D eigenvalue weighted by atomic mass is 32.2. The van der Waals surface area contributed by atoms with Gasteiger partial charge in [0.15, 0.2) is 11.5 Å². The SMILES string of the molecule is CC[C@H](C(=O)NC1CCCC1)N(Cc1ccc(C)cc1)C(=O)CN(c1ccc(OC)c(OC)c1)S(=O)(=O)c1ccccc1. The molecule has 1 aliphatic rings. The zero-order chi connectivity index (χ0) is 31.0. The normalized spacial score (nSPS) is 14.1. The summed E-state index contributed by atoms with van der Waals surface area (Å²) in [5, 5.41) is 3.13. The number of rotatable bonds is 13. The predicted molar refractivity (Wildman–Crippen MR) is 167 cm³/mol. The number of nitrogens with zero attached hydrogens (tertiary/aromatic N) is 2. The van der Waals surface area contributed by atoms with Crippen molar-refractivity contribution in [2.45, 2.75) is 69.5 Å². The highest BCUT2D eigenvalue weighted by molar-refractivity contribution is 7.92. The van der Waals surface area contributed by atoms with Crippen molar-refractivity contribution in [3.8, 4) is 11.5 Å². The standard InChI is InChI=1S/C33H41N3O6S/c1-5-29(33(38)34-26-11-9-10-12-26)35(22-25-17-15-24(2)16-18-25)32(37)23-36(43(39,40)28-13-7-6-8-14-28)27-19-20-30(41-3)31(21-27)42-4/h6-8,13-21,26,29H,5,9-12,22-23H2,1-4H3,(H,34,38)/t29-/m1/s1. The molecule has 0 unspecified atom stereocenters. The maximum Gasteiger partial charge on any atom is 0.264 e. The molecule has 0 aliphatic heterocycles. The Morgan fingerprint density at radius 2 is 1.58 bits per heavy atom. The molecule has 1 aliphatic carbocycles. The van der Waals surface area contributed by atoms with Gasteiger partial charge in [-0.15, -0.1) is 0 Å². The number of aryl methyl sites for hydroxylation is 1. The molecule has 2 amide bonds. The summed E-state index contributed by atoms with van der Waals surface area (Å²) in [5.74, 6) is 0.0200. The largest absolute Gasteiger partial charge is 0.493 e. The summed E-state index contributed by atoms with van der Waals surface area (Å²) in [4.78, 5) is 29.4. The van der Waals surface area contributed by atoms with Crippen LogP contribution < -0.4 is 19.1 Å². The quantitative estimate of drug-likeness (QED) is 0.291. The molecule has 43 heavy (non-hydrogen) atoms. The summed E-state index contributed by atoms with van der Waals surface area (Å²) in [6.07, 6.45) is 4.32. The first kappa shape index (κ1) is 31.9. The zero-order valence-electron chi connectivity index (χ0n) is 25.3. The van der Waals surface area contributed by atoms with Crippen molar-refractivity contribution in [3.63, 3.8) is 0 Å². The van der Waals surface area contributed by atoms with E-state index in [9.17, 15) is 18.0 Å². The highest BCUT2D eigenvalue weighted by Crippen LogP contribution is 2.34. The summed E-state index contributed by atoms with van der Waals surface area (Å²) in [5.41, 5.74) is 2.14. The van der Waals surface area contributed by atoms with Gasteiger partial charge in [0.05, 0.1) is 24.8 Å². The van der Waals surface area contributed by atoms with Crippen LogP contribution in [0.1, 0.15) is 50.2 Å². The Bertz CT molecular complexity index is 1490. The van der Waals surface area contributed by atoms with Crippen molar-refractivity contribution < 1.29 is 27.5 Å². The molecule has 3 aromatic carbocycles. The lowest BCUT2D eigenvalue weighted by atomic mass is 10.1. The lowest BCUT2D eigenvalue weighted by Gasteiger charge is -2.34. The molecule has 3 aromatic rings. The monoisotopic (exact) mass is 607 g/mol. The number of ether oxygens (including phenoxy) is 2. The summed E-state index contributed by atoms with van der Waals surface area (Å²) in [7, 11) is -1.24. The molecular weight excluding hydrogens is 566 g/mol. The summed E-state index contributed by atoms with van der Waals surface area (Å²) in [6, 6.07) is 19.7. The van der Waals surface area contributed by atoms with Crippen LogP contribution in [0.4, 0.5) is 5.69 Å². The van der Waals surface area contributed by atoms with Gasteiger partial charge in [0.1, 0.15) is 12.6 Å². The Kier molecular flexibility index (Phi) is 10.7. The van der Waals surface area contributed by atoms with E-state index in [1.54, 1.807) is 30.3 Å².